The van der Waals surface area contributed by atoms with Crippen LogP contribution in [0, 0.1) is 11.3 Å². The second-order valence-corrected chi connectivity index (χ2v) is 15.0. The summed E-state index contributed by atoms with van der Waals surface area (Å²) in [7, 11) is 0. The normalized spacial score (nSPS) is 12.8. The van der Waals surface area contributed by atoms with E-state index in [9.17, 15) is 5.26 Å². The van der Waals surface area contributed by atoms with E-state index in [1.54, 1.807) is 0 Å². The summed E-state index contributed by atoms with van der Waals surface area (Å²) in [4.78, 5) is 0. The van der Waals surface area contributed by atoms with Crippen LogP contribution in [0.25, 0.3) is 87.0 Å². The highest BCUT2D eigenvalue weighted by Gasteiger charge is 2.24. The SMILES string of the molecule is N#Cc1ccc(-n2c3ccccc3c3cc(-c4ccc5c(c4)c4c(n5-c5ccccc5)CCC(c5cccc6c5sc5ccccc56)=C4)ccc32)cc1. The van der Waals surface area contributed by atoms with Crippen LogP contribution < -0.4 is 0 Å². The van der Waals surface area contributed by atoms with Crippen LogP contribution in [0.1, 0.15) is 28.8 Å². The van der Waals surface area contributed by atoms with E-state index in [-0.39, 0.29) is 0 Å². The molecule has 0 fully saturated rings. The maximum Gasteiger partial charge on any atom is 0.0991 e. The molecule has 53 heavy (non-hydrogen) atoms. The molecule has 10 aromatic rings. The molecular weight excluding hydrogens is 663 g/mol. The lowest BCUT2D eigenvalue weighted by Crippen LogP contribution is -2.05. The molecule has 1 aliphatic carbocycles. The predicted molar refractivity (Wildman–Crippen MR) is 223 cm³/mol. The summed E-state index contributed by atoms with van der Waals surface area (Å²) in [6.07, 6.45) is 4.45. The maximum absolute atomic E-state index is 9.40. The van der Waals surface area contributed by atoms with Crippen LogP contribution in [-0.2, 0) is 6.42 Å². The Labute approximate surface area is 310 Å². The van der Waals surface area contributed by atoms with E-state index in [0.29, 0.717) is 5.56 Å². The van der Waals surface area contributed by atoms with Crippen molar-refractivity contribution in [1.82, 2.24) is 9.13 Å². The maximum atomic E-state index is 9.40. The molecule has 3 nitrogen and oxygen atoms in total. The molecule has 0 amide bonds. The first-order valence-corrected chi connectivity index (χ1v) is 18.9. The van der Waals surface area contributed by atoms with Crippen molar-refractivity contribution in [2.45, 2.75) is 12.8 Å². The highest BCUT2D eigenvalue weighted by atomic mass is 32.1. The number of hydrogen-bond donors (Lipinski definition) is 0. The fourth-order valence-electron chi connectivity index (χ4n) is 8.65. The molecule has 248 valence electrons. The van der Waals surface area contributed by atoms with E-state index >= 15 is 0 Å². The van der Waals surface area contributed by atoms with Gasteiger partial charge in [0.25, 0.3) is 0 Å². The number of nitriles is 1. The quantitative estimate of drug-likeness (QED) is 0.181. The van der Waals surface area contributed by atoms with Crippen molar-refractivity contribution in [1.29, 1.82) is 5.26 Å². The average Bonchev–Trinajstić information content (AvgIpc) is 3.88. The molecule has 0 bridgehead atoms. The van der Waals surface area contributed by atoms with Gasteiger partial charge in [-0.05, 0) is 114 Å². The number of benzene rings is 7. The van der Waals surface area contributed by atoms with Crippen molar-refractivity contribution in [2.75, 3.05) is 0 Å². The van der Waals surface area contributed by atoms with Gasteiger partial charge in [-0.3, -0.25) is 0 Å². The summed E-state index contributed by atoms with van der Waals surface area (Å²) in [5.74, 6) is 0. The van der Waals surface area contributed by atoms with Crippen molar-refractivity contribution in [3.63, 3.8) is 0 Å². The number of allylic oxidation sites excluding steroid dienone is 1. The number of thiophene rings is 1. The lowest BCUT2D eigenvalue weighted by atomic mass is 9.90. The van der Waals surface area contributed by atoms with Crippen LogP contribution in [0.2, 0.25) is 0 Å². The Balaban J connectivity index is 1.10. The number of rotatable bonds is 4. The molecule has 0 N–H and O–H groups in total. The van der Waals surface area contributed by atoms with Crippen molar-refractivity contribution < 1.29 is 0 Å². The van der Waals surface area contributed by atoms with Crippen molar-refractivity contribution in [2.24, 2.45) is 0 Å². The Hall–Kier alpha value is -6.67. The summed E-state index contributed by atoms with van der Waals surface area (Å²) in [6.45, 7) is 0. The fourth-order valence-corrected chi connectivity index (χ4v) is 9.91. The van der Waals surface area contributed by atoms with Crippen LogP contribution in [-0.4, -0.2) is 9.13 Å². The molecule has 3 aromatic heterocycles. The molecule has 4 heteroatoms. The van der Waals surface area contributed by atoms with Gasteiger partial charge in [-0.1, -0.05) is 84.9 Å². The Kier molecular flexibility index (Phi) is 6.61. The number of nitrogens with zero attached hydrogens (tertiary/aromatic N) is 3. The summed E-state index contributed by atoms with van der Waals surface area (Å²) >= 11 is 1.91. The lowest BCUT2D eigenvalue weighted by Gasteiger charge is -2.18. The minimum Gasteiger partial charge on any atom is -0.313 e. The van der Waals surface area contributed by atoms with E-state index in [0.717, 1.165) is 29.6 Å². The van der Waals surface area contributed by atoms with Gasteiger partial charge in [0.1, 0.15) is 0 Å². The zero-order valence-electron chi connectivity index (χ0n) is 28.8. The van der Waals surface area contributed by atoms with Gasteiger partial charge in [0.05, 0.1) is 28.2 Å². The van der Waals surface area contributed by atoms with E-state index in [2.05, 4.69) is 155 Å². The third-order valence-electron chi connectivity index (χ3n) is 11.1. The largest absolute Gasteiger partial charge is 0.313 e. The zero-order chi connectivity index (χ0) is 35.0. The minimum atomic E-state index is 0.662. The first-order valence-electron chi connectivity index (χ1n) is 18.1. The van der Waals surface area contributed by atoms with Crippen LogP contribution in [0.4, 0.5) is 0 Å². The molecule has 0 atom stereocenters. The van der Waals surface area contributed by atoms with Gasteiger partial charge in [-0.25, -0.2) is 0 Å². The van der Waals surface area contributed by atoms with Gasteiger partial charge in [0, 0.05) is 59.0 Å². The first kappa shape index (κ1) is 30.0. The smallest absolute Gasteiger partial charge is 0.0991 e. The first-order chi connectivity index (χ1) is 26.2. The molecule has 0 aliphatic heterocycles. The Morgan fingerprint density at radius 3 is 1.98 bits per heavy atom. The highest BCUT2D eigenvalue weighted by Crippen LogP contribution is 2.44. The fraction of sp³-hybridized carbons (Fsp3) is 0.0408. The van der Waals surface area contributed by atoms with E-state index in [1.807, 2.05) is 35.6 Å². The van der Waals surface area contributed by atoms with Crippen LogP contribution in [0.15, 0.2) is 158 Å². The predicted octanol–water partition coefficient (Wildman–Crippen LogP) is 13.1. The monoisotopic (exact) mass is 693 g/mol. The van der Waals surface area contributed by atoms with Gasteiger partial charge in [-0.2, -0.15) is 5.26 Å². The molecule has 0 radical (unpaired) electrons. The number of para-hydroxylation sites is 2. The molecule has 0 saturated heterocycles. The van der Waals surface area contributed by atoms with Crippen LogP contribution >= 0.6 is 11.3 Å². The molecule has 0 spiro atoms. The van der Waals surface area contributed by atoms with Gasteiger partial charge >= 0.3 is 0 Å². The number of hydrogen-bond acceptors (Lipinski definition) is 2. The summed E-state index contributed by atoms with van der Waals surface area (Å²) in [5.41, 5.74) is 14.3. The second kappa shape index (κ2) is 11.7. The summed E-state index contributed by atoms with van der Waals surface area (Å²) < 4.78 is 7.51. The van der Waals surface area contributed by atoms with E-state index in [4.69, 9.17) is 0 Å². The molecule has 7 aromatic carbocycles. The number of aromatic nitrogens is 2. The molecule has 11 rings (SSSR count). The molecule has 1 aliphatic rings. The topological polar surface area (TPSA) is 33.6 Å². The van der Waals surface area contributed by atoms with Crippen molar-refractivity contribution in [3.05, 3.63) is 180 Å². The summed E-state index contributed by atoms with van der Waals surface area (Å²) in [6, 6.07) is 59.0. The highest BCUT2D eigenvalue weighted by molar-refractivity contribution is 7.26. The Morgan fingerprint density at radius 1 is 0.509 bits per heavy atom. The van der Waals surface area contributed by atoms with Crippen LogP contribution in [0.3, 0.4) is 0 Å². The van der Waals surface area contributed by atoms with Gasteiger partial charge in [0.2, 0.25) is 0 Å². The average molecular weight is 694 g/mol. The molecule has 3 heterocycles. The Bertz CT molecular complexity index is 3170. The summed E-state index contributed by atoms with van der Waals surface area (Å²) in [5, 5.41) is 15.8. The molecular formula is C49H31N3S. The van der Waals surface area contributed by atoms with E-state index < -0.39 is 0 Å². The molecule has 0 unspecified atom stereocenters. The standard InChI is InChI=1S/C49H31N3S/c50-30-31-17-22-36(23-18-31)52-44-15-6-4-11-38(44)41-27-32(19-24-45(41)52)33-20-25-46-42(28-33)43-29-34(21-26-47(43)51(46)35-9-2-1-3-10-35)37-13-8-14-40-39-12-5-7-16-48(39)53-49(37)40/h1-20,22-25,27-29H,21,26H2. The third kappa shape index (κ3) is 4.58. The van der Waals surface area contributed by atoms with Gasteiger partial charge < -0.3 is 9.13 Å². The van der Waals surface area contributed by atoms with Crippen molar-refractivity contribution in [3.8, 4) is 28.6 Å². The number of fused-ring (bicyclic) bond motifs is 9. The van der Waals surface area contributed by atoms with Crippen molar-refractivity contribution >= 4 is 75.9 Å². The zero-order valence-corrected chi connectivity index (χ0v) is 29.6. The third-order valence-corrected chi connectivity index (χ3v) is 12.3. The lowest BCUT2D eigenvalue weighted by molar-refractivity contribution is 0.898. The Morgan fingerprint density at radius 2 is 1.17 bits per heavy atom. The second-order valence-electron chi connectivity index (χ2n) is 14.0. The van der Waals surface area contributed by atoms with E-state index in [1.165, 1.54) is 81.1 Å². The van der Waals surface area contributed by atoms with Gasteiger partial charge in [0.15, 0.2) is 0 Å². The molecule has 0 saturated carbocycles. The van der Waals surface area contributed by atoms with Crippen LogP contribution in [0.5, 0.6) is 0 Å². The van der Waals surface area contributed by atoms with Gasteiger partial charge in [-0.15, -0.1) is 11.3 Å². The minimum absolute atomic E-state index is 0.662.